The van der Waals surface area contributed by atoms with E-state index in [4.69, 9.17) is 0 Å². The first-order chi connectivity index (χ1) is 10.0. The number of amides is 2. The zero-order valence-electron chi connectivity index (χ0n) is 12.7. The van der Waals surface area contributed by atoms with Crippen LogP contribution in [0.15, 0.2) is 24.3 Å². The minimum absolute atomic E-state index is 0.00944. The molecule has 0 spiro atoms. The summed E-state index contributed by atoms with van der Waals surface area (Å²) >= 11 is 0. The molecule has 2 aliphatic rings. The molecule has 1 aromatic rings. The van der Waals surface area contributed by atoms with Gasteiger partial charge >= 0.3 is 0 Å². The third-order valence-electron chi connectivity index (χ3n) is 4.92. The first-order valence-electron chi connectivity index (χ1n) is 7.78. The van der Waals surface area contributed by atoms with Crippen LogP contribution >= 0.6 is 0 Å². The van der Waals surface area contributed by atoms with E-state index in [1.807, 2.05) is 36.9 Å². The van der Waals surface area contributed by atoms with Crippen molar-refractivity contribution in [3.05, 3.63) is 29.8 Å². The lowest BCUT2D eigenvalue weighted by Crippen LogP contribution is -2.56. The van der Waals surface area contributed by atoms with E-state index in [-0.39, 0.29) is 11.8 Å². The Morgan fingerprint density at radius 3 is 2.62 bits per heavy atom. The zero-order valence-corrected chi connectivity index (χ0v) is 12.7. The molecule has 21 heavy (non-hydrogen) atoms. The van der Waals surface area contributed by atoms with Crippen LogP contribution in [0, 0.1) is 5.92 Å². The van der Waals surface area contributed by atoms with E-state index in [9.17, 15) is 9.59 Å². The number of benzene rings is 1. The Morgan fingerprint density at radius 2 is 2.00 bits per heavy atom. The van der Waals surface area contributed by atoms with Gasteiger partial charge in [-0.2, -0.15) is 0 Å². The highest BCUT2D eigenvalue weighted by atomic mass is 16.2. The van der Waals surface area contributed by atoms with Gasteiger partial charge in [0.1, 0.15) is 5.54 Å². The molecule has 4 heteroatoms. The molecule has 0 bridgehead atoms. The first kappa shape index (κ1) is 14.1. The normalized spacial score (nSPS) is 25.9. The van der Waals surface area contributed by atoms with Crippen LogP contribution in [0.3, 0.4) is 0 Å². The lowest BCUT2D eigenvalue weighted by molar-refractivity contribution is -0.124. The van der Waals surface area contributed by atoms with Crippen LogP contribution in [0.5, 0.6) is 0 Å². The largest absolute Gasteiger partial charge is 0.338 e. The minimum atomic E-state index is -0.820. The number of nitrogens with zero attached hydrogens (tertiary/aromatic N) is 1. The number of nitrogens with one attached hydrogen (secondary N) is 1. The third-order valence-corrected chi connectivity index (χ3v) is 4.92. The molecular formula is C17H22N2O2. The maximum absolute atomic E-state index is 13.0. The average molecular weight is 286 g/mol. The number of carbonyl (C=O) groups is 2. The molecule has 112 valence electrons. The van der Waals surface area contributed by atoms with Crippen molar-refractivity contribution in [1.82, 2.24) is 5.32 Å². The molecule has 0 aromatic heterocycles. The summed E-state index contributed by atoms with van der Waals surface area (Å²) in [4.78, 5) is 27.3. The van der Waals surface area contributed by atoms with Crippen LogP contribution in [0.1, 0.15) is 49.9 Å². The Hall–Kier alpha value is -1.84. The topological polar surface area (TPSA) is 49.4 Å². The summed E-state index contributed by atoms with van der Waals surface area (Å²) in [5, 5.41) is 2.92. The Bertz CT molecular complexity index is 580. The van der Waals surface area contributed by atoms with Crippen molar-refractivity contribution in [1.29, 1.82) is 0 Å². The maximum Gasteiger partial charge on any atom is 0.254 e. The SMILES string of the molecule is CCC1(C)NC(=O)c2ccccc2N(CC2CCC2)C1=O. The fraction of sp³-hybridized carbons (Fsp3) is 0.529. The predicted octanol–water partition coefficient (Wildman–Crippen LogP) is 2.73. The molecule has 1 saturated carbocycles. The van der Waals surface area contributed by atoms with Gasteiger partial charge in [-0.15, -0.1) is 0 Å². The van der Waals surface area contributed by atoms with Gasteiger partial charge < -0.3 is 10.2 Å². The molecule has 2 amide bonds. The van der Waals surface area contributed by atoms with Crippen LogP contribution in [0.25, 0.3) is 0 Å². The van der Waals surface area contributed by atoms with Crippen molar-refractivity contribution in [2.24, 2.45) is 5.92 Å². The van der Waals surface area contributed by atoms with Gasteiger partial charge in [0.2, 0.25) is 0 Å². The van der Waals surface area contributed by atoms with Crippen molar-refractivity contribution in [3.63, 3.8) is 0 Å². The van der Waals surface area contributed by atoms with E-state index in [0.717, 1.165) is 12.2 Å². The number of fused-ring (bicyclic) bond motifs is 1. The number of anilines is 1. The summed E-state index contributed by atoms with van der Waals surface area (Å²) in [6.07, 6.45) is 4.19. The van der Waals surface area contributed by atoms with E-state index in [1.54, 1.807) is 6.07 Å². The number of carbonyl (C=O) groups excluding carboxylic acids is 2. The highest BCUT2D eigenvalue weighted by Gasteiger charge is 2.42. The molecule has 4 nitrogen and oxygen atoms in total. The monoisotopic (exact) mass is 286 g/mol. The molecule has 1 atom stereocenters. The second-order valence-electron chi connectivity index (χ2n) is 6.37. The summed E-state index contributed by atoms with van der Waals surface area (Å²) in [5.74, 6) is 0.422. The molecule has 1 N–H and O–H groups in total. The zero-order chi connectivity index (χ0) is 15.0. The van der Waals surface area contributed by atoms with Crippen molar-refractivity contribution in [3.8, 4) is 0 Å². The summed E-state index contributed by atoms with van der Waals surface area (Å²) < 4.78 is 0. The molecular weight excluding hydrogens is 264 g/mol. The number of hydrogen-bond donors (Lipinski definition) is 1. The van der Waals surface area contributed by atoms with Gasteiger partial charge in [0, 0.05) is 6.54 Å². The minimum Gasteiger partial charge on any atom is -0.338 e. The third kappa shape index (κ3) is 2.33. The van der Waals surface area contributed by atoms with Crippen molar-refractivity contribution in [2.45, 2.75) is 45.1 Å². The number of rotatable bonds is 3. The molecule has 1 heterocycles. The van der Waals surface area contributed by atoms with E-state index in [2.05, 4.69) is 5.32 Å². The smallest absolute Gasteiger partial charge is 0.254 e. The Balaban J connectivity index is 2.04. The number of hydrogen-bond acceptors (Lipinski definition) is 2. The van der Waals surface area contributed by atoms with E-state index < -0.39 is 5.54 Å². The molecule has 1 unspecified atom stereocenters. The van der Waals surface area contributed by atoms with Crippen LogP contribution in [0.4, 0.5) is 5.69 Å². The van der Waals surface area contributed by atoms with Crippen molar-refractivity contribution >= 4 is 17.5 Å². The van der Waals surface area contributed by atoms with Gasteiger partial charge in [0.05, 0.1) is 11.3 Å². The highest BCUT2D eigenvalue weighted by Crippen LogP contribution is 2.33. The summed E-state index contributed by atoms with van der Waals surface area (Å²) in [6.45, 7) is 4.49. The Morgan fingerprint density at radius 1 is 1.29 bits per heavy atom. The first-order valence-corrected chi connectivity index (χ1v) is 7.78. The summed E-state index contributed by atoms with van der Waals surface area (Å²) in [6, 6.07) is 7.42. The lowest BCUT2D eigenvalue weighted by Gasteiger charge is -2.36. The molecule has 1 fully saturated rings. The van der Waals surface area contributed by atoms with Crippen LogP contribution in [0.2, 0.25) is 0 Å². The van der Waals surface area contributed by atoms with E-state index in [0.29, 0.717) is 17.9 Å². The molecule has 3 rings (SSSR count). The quantitative estimate of drug-likeness (QED) is 0.929. The lowest BCUT2D eigenvalue weighted by atomic mass is 9.84. The maximum atomic E-state index is 13.0. The molecule has 1 aliphatic carbocycles. The molecule has 1 aliphatic heterocycles. The van der Waals surface area contributed by atoms with E-state index in [1.165, 1.54) is 19.3 Å². The second-order valence-corrected chi connectivity index (χ2v) is 6.37. The summed E-state index contributed by atoms with van der Waals surface area (Å²) in [5.41, 5.74) is 0.534. The number of para-hydroxylation sites is 1. The molecule has 1 aromatic carbocycles. The van der Waals surface area contributed by atoms with Gasteiger partial charge in [-0.05, 0) is 44.2 Å². The highest BCUT2D eigenvalue weighted by molar-refractivity contribution is 6.12. The van der Waals surface area contributed by atoms with Crippen LogP contribution < -0.4 is 10.2 Å². The van der Waals surface area contributed by atoms with Gasteiger partial charge in [-0.3, -0.25) is 9.59 Å². The fourth-order valence-electron chi connectivity index (χ4n) is 3.03. The second kappa shape index (κ2) is 5.17. The summed E-state index contributed by atoms with van der Waals surface area (Å²) in [7, 11) is 0. The van der Waals surface area contributed by atoms with Gasteiger partial charge in [0.25, 0.3) is 11.8 Å². The van der Waals surface area contributed by atoms with Gasteiger partial charge in [-0.25, -0.2) is 0 Å². The van der Waals surface area contributed by atoms with Crippen LogP contribution in [-0.2, 0) is 4.79 Å². The molecule has 0 radical (unpaired) electrons. The molecule has 0 saturated heterocycles. The van der Waals surface area contributed by atoms with Crippen molar-refractivity contribution in [2.75, 3.05) is 11.4 Å². The van der Waals surface area contributed by atoms with Crippen LogP contribution in [-0.4, -0.2) is 23.9 Å². The fourth-order valence-corrected chi connectivity index (χ4v) is 3.03. The van der Waals surface area contributed by atoms with E-state index >= 15 is 0 Å². The standard InChI is InChI=1S/C17H22N2O2/c1-3-17(2)16(21)19(11-12-7-6-8-12)14-10-5-4-9-13(14)15(20)18-17/h4-5,9-10,12H,3,6-8,11H2,1-2H3,(H,18,20). The van der Waals surface area contributed by atoms with Gasteiger partial charge in [0.15, 0.2) is 0 Å². The van der Waals surface area contributed by atoms with Gasteiger partial charge in [-0.1, -0.05) is 25.5 Å². The van der Waals surface area contributed by atoms with Crippen molar-refractivity contribution < 1.29 is 9.59 Å². The predicted molar refractivity (Wildman–Crippen MR) is 82.3 cm³/mol. The Kier molecular flexibility index (Phi) is 3.47. The average Bonchev–Trinajstić information content (AvgIpc) is 2.52. The Labute approximate surface area is 125 Å².